The van der Waals surface area contributed by atoms with E-state index in [-0.39, 0.29) is 6.10 Å². The number of hydrogen-bond acceptors (Lipinski definition) is 8. The summed E-state index contributed by atoms with van der Waals surface area (Å²) in [6.07, 6.45) is 5.58. The van der Waals surface area contributed by atoms with Crippen LogP contribution >= 0.6 is 0 Å². The fourth-order valence-electron chi connectivity index (χ4n) is 3.00. The molecule has 4 heterocycles. The van der Waals surface area contributed by atoms with E-state index in [4.69, 9.17) is 9.26 Å². The maximum atomic E-state index is 5.57. The topological polar surface area (TPSA) is 80.4 Å². The molecular weight excluding hydrogens is 296 g/mol. The van der Waals surface area contributed by atoms with Gasteiger partial charge >= 0.3 is 0 Å². The maximum Gasteiger partial charge on any atom is 0.255 e. The van der Waals surface area contributed by atoms with E-state index in [9.17, 15) is 0 Å². The first-order chi connectivity index (χ1) is 11.4. The van der Waals surface area contributed by atoms with Crippen LogP contribution in [0.5, 0.6) is 0 Å². The number of ether oxygens (including phenoxy) is 1. The monoisotopic (exact) mass is 316 g/mol. The smallest absolute Gasteiger partial charge is 0.255 e. The van der Waals surface area contributed by atoms with Gasteiger partial charge in [0.15, 0.2) is 5.82 Å². The zero-order valence-electron chi connectivity index (χ0n) is 13.0. The largest absolute Gasteiger partial charge is 0.368 e. The molecular formula is C15H20N6O2. The summed E-state index contributed by atoms with van der Waals surface area (Å²) in [5.41, 5.74) is 0. The van der Waals surface area contributed by atoms with Crippen molar-refractivity contribution in [3.63, 3.8) is 0 Å². The average molecular weight is 316 g/mol. The lowest BCUT2D eigenvalue weighted by Crippen LogP contribution is -2.46. The van der Waals surface area contributed by atoms with Crippen LogP contribution in [0.15, 0.2) is 23.0 Å². The molecule has 2 fully saturated rings. The second-order valence-corrected chi connectivity index (χ2v) is 5.86. The van der Waals surface area contributed by atoms with Crippen molar-refractivity contribution >= 4 is 5.95 Å². The second-order valence-electron chi connectivity index (χ2n) is 5.86. The Hall–Kier alpha value is -2.06. The first kappa shape index (κ1) is 14.5. The summed E-state index contributed by atoms with van der Waals surface area (Å²) >= 11 is 0. The van der Waals surface area contributed by atoms with E-state index in [0.717, 1.165) is 57.4 Å². The second kappa shape index (κ2) is 6.59. The molecule has 0 amide bonds. The third-order valence-corrected chi connectivity index (χ3v) is 4.26. The molecule has 8 heteroatoms. The number of hydrogen-bond donors (Lipinski definition) is 0. The molecule has 0 N–H and O–H groups in total. The molecule has 8 nitrogen and oxygen atoms in total. The highest BCUT2D eigenvalue weighted by Crippen LogP contribution is 2.27. The van der Waals surface area contributed by atoms with Crippen molar-refractivity contribution in [2.24, 2.45) is 0 Å². The number of rotatable bonds is 4. The molecule has 0 spiro atoms. The minimum atomic E-state index is -0.0108. The van der Waals surface area contributed by atoms with Crippen molar-refractivity contribution in [2.75, 3.05) is 37.7 Å². The van der Waals surface area contributed by atoms with Gasteiger partial charge in [-0.3, -0.25) is 4.90 Å². The van der Waals surface area contributed by atoms with Crippen molar-refractivity contribution in [3.8, 4) is 0 Å². The molecule has 23 heavy (non-hydrogen) atoms. The van der Waals surface area contributed by atoms with E-state index in [1.54, 1.807) is 12.4 Å². The van der Waals surface area contributed by atoms with Gasteiger partial charge in [-0.05, 0) is 18.9 Å². The van der Waals surface area contributed by atoms with Crippen molar-refractivity contribution in [2.45, 2.75) is 25.5 Å². The van der Waals surface area contributed by atoms with Gasteiger partial charge in [0.2, 0.25) is 5.95 Å². The van der Waals surface area contributed by atoms with Gasteiger partial charge in [-0.1, -0.05) is 5.16 Å². The van der Waals surface area contributed by atoms with Crippen LogP contribution in [0.25, 0.3) is 0 Å². The minimum Gasteiger partial charge on any atom is -0.368 e. The lowest BCUT2D eigenvalue weighted by molar-refractivity contribution is 0.0835. The van der Waals surface area contributed by atoms with Gasteiger partial charge in [-0.2, -0.15) is 4.98 Å². The first-order valence-corrected chi connectivity index (χ1v) is 8.07. The zero-order chi connectivity index (χ0) is 15.5. The lowest BCUT2D eigenvalue weighted by atomic mass is 10.2. The Labute approximate surface area is 134 Å². The van der Waals surface area contributed by atoms with Crippen LogP contribution in [0, 0.1) is 0 Å². The summed E-state index contributed by atoms with van der Waals surface area (Å²) < 4.78 is 10.9. The molecule has 0 saturated carbocycles. The quantitative estimate of drug-likeness (QED) is 0.827. The summed E-state index contributed by atoms with van der Waals surface area (Å²) in [4.78, 5) is 17.6. The Morgan fingerprint density at radius 2 is 1.96 bits per heavy atom. The molecule has 0 bridgehead atoms. The molecule has 0 unspecified atom stereocenters. The molecule has 0 radical (unpaired) electrons. The molecule has 0 aliphatic carbocycles. The van der Waals surface area contributed by atoms with Crippen molar-refractivity contribution in [3.05, 3.63) is 30.2 Å². The van der Waals surface area contributed by atoms with E-state index < -0.39 is 0 Å². The number of piperazine rings is 1. The number of anilines is 1. The Balaban J connectivity index is 1.31. The third kappa shape index (κ3) is 3.32. The Morgan fingerprint density at radius 1 is 1.13 bits per heavy atom. The molecule has 2 aliphatic rings. The van der Waals surface area contributed by atoms with Crippen LogP contribution in [-0.2, 0) is 11.3 Å². The molecule has 1 atom stereocenters. The van der Waals surface area contributed by atoms with Crippen LogP contribution in [-0.4, -0.2) is 57.8 Å². The van der Waals surface area contributed by atoms with Gasteiger partial charge in [0.1, 0.15) is 6.10 Å². The van der Waals surface area contributed by atoms with Crippen LogP contribution in [0.3, 0.4) is 0 Å². The van der Waals surface area contributed by atoms with Crippen LogP contribution in [0.2, 0.25) is 0 Å². The summed E-state index contributed by atoms with van der Waals surface area (Å²) in [5, 5.41) is 4.09. The molecule has 0 aromatic carbocycles. The third-order valence-electron chi connectivity index (χ3n) is 4.26. The summed E-state index contributed by atoms with van der Waals surface area (Å²) in [6, 6.07) is 1.83. The molecule has 2 aromatic heterocycles. The van der Waals surface area contributed by atoms with Crippen LogP contribution in [0.1, 0.15) is 30.7 Å². The zero-order valence-corrected chi connectivity index (χ0v) is 13.0. The average Bonchev–Trinajstić information content (AvgIpc) is 3.28. The van der Waals surface area contributed by atoms with E-state index in [1.807, 2.05) is 6.07 Å². The predicted octanol–water partition coefficient (Wildman–Crippen LogP) is 1.03. The maximum absolute atomic E-state index is 5.57. The Kier molecular flexibility index (Phi) is 4.16. The fourth-order valence-corrected chi connectivity index (χ4v) is 3.00. The molecule has 4 rings (SSSR count). The summed E-state index contributed by atoms with van der Waals surface area (Å²) in [6.45, 7) is 5.16. The highest BCUT2D eigenvalue weighted by atomic mass is 16.5. The number of aromatic nitrogens is 4. The molecule has 2 aromatic rings. The molecule has 122 valence electrons. The van der Waals surface area contributed by atoms with E-state index >= 15 is 0 Å². The Bertz CT molecular complexity index is 620. The van der Waals surface area contributed by atoms with E-state index in [0.29, 0.717) is 12.4 Å². The van der Waals surface area contributed by atoms with Crippen molar-refractivity contribution < 1.29 is 9.26 Å². The first-order valence-electron chi connectivity index (χ1n) is 8.07. The van der Waals surface area contributed by atoms with Crippen LogP contribution < -0.4 is 4.90 Å². The number of nitrogens with zero attached hydrogens (tertiary/aromatic N) is 6. The van der Waals surface area contributed by atoms with Gasteiger partial charge in [0.25, 0.3) is 5.89 Å². The predicted molar refractivity (Wildman–Crippen MR) is 81.7 cm³/mol. The minimum absolute atomic E-state index is 0.0108. The van der Waals surface area contributed by atoms with Gasteiger partial charge in [-0.25, -0.2) is 9.97 Å². The van der Waals surface area contributed by atoms with Gasteiger partial charge in [0, 0.05) is 45.2 Å². The standard InChI is InChI=1S/C15H20N6O2/c1-3-12(22-10-1)14-18-13(19-23-14)11-20-6-8-21(9-7-20)15-16-4-2-5-17-15/h2,4-5,12H,1,3,6-11H2/t12-/m0/s1. The van der Waals surface area contributed by atoms with Crippen molar-refractivity contribution in [1.29, 1.82) is 0 Å². The SMILES string of the molecule is c1cnc(N2CCN(Cc3noc([C@@H]4CCCO4)n3)CC2)nc1. The van der Waals surface area contributed by atoms with Gasteiger partial charge < -0.3 is 14.2 Å². The Morgan fingerprint density at radius 3 is 2.70 bits per heavy atom. The van der Waals surface area contributed by atoms with Gasteiger partial charge in [-0.15, -0.1) is 0 Å². The lowest BCUT2D eigenvalue weighted by Gasteiger charge is -2.33. The highest BCUT2D eigenvalue weighted by molar-refractivity contribution is 5.29. The summed E-state index contributed by atoms with van der Waals surface area (Å²) in [5.74, 6) is 2.15. The van der Waals surface area contributed by atoms with Crippen molar-refractivity contribution in [1.82, 2.24) is 25.0 Å². The van der Waals surface area contributed by atoms with E-state index in [2.05, 4.69) is 29.9 Å². The van der Waals surface area contributed by atoms with E-state index in [1.165, 1.54) is 0 Å². The molecule has 2 saturated heterocycles. The summed E-state index contributed by atoms with van der Waals surface area (Å²) in [7, 11) is 0. The highest BCUT2D eigenvalue weighted by Gasteiger charge is 2.25. The fraction of sp³-hybridized carbons (Fsp3) is 0.600. The van der Waals surface area contributed by atoms with Gasteiger partial charge in [0.05, 0.1) is 6.54 Å². The normalized spacial score (nSPS) is 22.6. The van der Waals surface area contributed by atoms with Crippen LogP contribution in [0.4, 0.5) is 5.95 Å². The molecule has 2 aliphatic heterocycles.